The zero-order valence-electron chi connectivity index (χ0n) is 16.7. The van der Waals surface area contributed by atoms with E-state index in [1.807, 2.05) is 0 Å². The summed E-state index contributed by atoms with van der Waals surface area (Å²) in [6.45, 7) is 0. The van der Waals surface area contributed by atoms with Crippen molar-refractivity contribution in [3.05, 3.63) is 46.5 Å². The molecule has 3 aromatic rings. The van der Waals surface area contributed by atoms with Crippen LogP contribution in [0, 0.1) is 0 Å². The first kappa shape index (κ1) is 19.5. The summed E-state index contributed by atoms with van der Waals surface area (Å²) in [5, 5.41) is 22.7. The highest BCUT2D eigenvalue weighted by Crippen LogP contribution is 2.37. The molecule has 3 aromatic heterocycles. The predicted octanol–water partition coefficient (Wildman–Crippen LogP) is 1.21. The SMILES string of the molecule is CNc1cc(Nc2cccn([C@H]3C[C@@H]3F)c2=O)nc2c(C(=O)NC3CC[C@H]3O)cnn12. The molecular weight excluding hydrogens is 405 g/mol. The van der Waals surface area contributed by atoms with Crippen LogP contribution in [0.3, 0.4) is 0 Å². The molecule has 0 aromatic carbocycles. The molecule has 5 rings (SSSR count). The van der Waals surface area contributed by atoms with Crippen LogP contribution < -0.4 is 21.5 Å². The van der Waals surface area contributed by atoms with E-state index >= 15 is 0 Å². The standard InChI is InChI=1S/C20H22FN7O3/c1-22-17-8-16(24-13-3-2-6-27(20(13)31)14-7-11(14)21)26-18-10(9-23-28(17)18)19(30)25-12-4-5-15(12)29/h2-3,6,8-9,11-12,14-15,22,29H,4-5,7H2,1H3,(H,24,26)(H,25,30)/t11-,12?,14-,15+/m0/s1. The van der Waals surface area contributed by atoms with Gasteiger partial charge in [-0.1, -0.05) is 0 Å². The molecule has 2 fully saturated rings. The van der Waals surface area contributed by atoms with E-state index in [1.54, 1.807) is 31.4 Å². The third-order valence-electron chi connectivity index (χ3n) is 5.80. The third kappa shape index (κ3) is 3.40. The number of hydrogen-bond acceptors (Lipinski definition) is 7. The fraction of sp³-hybridized carbons (Fsp3) is 0.400. The lowest BCUT2D eigenvalue weighted by atomic mass is 9.89. The lowest BCUT2D eigenvalue weighted by Gasteiger charge is -2.32. The molecule has 2 aliphatic rings. The molecule has 0 aliphatic heterocycles. The first-order chi connectivity index (χ1) is 15.0. The van der Waals surface area contributed by atoms with Crippen LogP contribution in [0.4, 0.5) is 21.7 Å². The molecule has 4 atom stereocenters. The molecule has 0 bridgehead atoms. The average molecular weight is 427 g/mol. The van der Waals surface area contributed by atoms with Crippen molar-refractivity contribution in [2.45, 2.75) is 43.6 Å². The molecule has 31 heavy (non-hydrogen) atoms. The van der Waals surface area contributed by atoms with Gasteiger partial charge < -0.3 is 25.6 Å². The summed E-state index contributed by atoms with van der Waals surface area (Å²) in [6, 6.07) is 4.22. The Kier molecular flexibility index (Phi) is 4.62. The topological polar surface area (TPSA) is 126 Å². The van der Waals surface area contributed by atoms with Gasteiger partial charge in [0.1, 0.15) is 29.1 Å². The fourth-order valence-electron chi connectivity index (χ4n) is 3.71. The highest BCUT2D eigenvalue weighted by atomic mass is 19.1. The minimum atomic E-state index is -1.000. The molecule has 0 spiro atoms. The van der Waals surface area contributed by atoms with Gasteiger partial charge in [0.25, 0.3) is 11.5 Å². The van der Waals surface area contributed by atoms with E-state index in [9.17, 15) is 19.1 Å². The van der Waals surface area contributed by atoms with E-state index in [0.717, 1.165) is 6.42 Å². The number of anilines is 3. The second-order valence-electron chi connectivity index (χ2n) is 7.87. The summed E-state index contributed by atoms with van der Waals surface area (Å²) in [5.74, 6) is 0.505. The fourth-order valence-corrected chi connectivity index (χ4v) is 3.71. The molecule has 1 unspecified atom stereocenters. The smallest absolute Gasteiger partial charge is 0.274 e. The van der Waals surface area contributed by atoms with Crippen molar-refractivity contribution in [3.8, 4) is 0 Å². The van der Waals surface area contributed by atoms with Crippen LogP contribution in [0.1, 0.15) is 35.7 Å². The van der Waals surface area contributed by atoms with E-state index in [-0.39, 0.29) is 28.8 Å². The number of hydrogen-bond donors (Lipinski definition) is 4. The quantitative estimate of drug-likeness (QED) is 0.466. The molecule has 0 radical (unpaired) electrons. The van der Waals surface area contributed by atoms with Crippen molar-refractivity contribution in [2.75, 3.05) is 17.7 Å². The van der Waals surface area contributed by atoms with Crippen LogP contribution in [0.5, 0.6) is 0 Å². The Labute approximate surface area is 176 Å². The van der Waals surface area contributed by atoms with E-state index in [1.165, 1.54) is 15.3 Å². The third-order valence-corrected chi connectivity index (χ3v) is 5.80. The summed E-state index contributed by atoms with van der Waals surface area (Å²) >= 11 is 0. The van der Waals surface area contributed by atoms with Gasteiger partial charge in [-0.25, -0.2) is 9.37 Å². The molecule has 2 saturated carbocycles. The number of nitrogens with one attached hydrogen (secondary N) is 3. The van der Waals surface area contributed by atoms with E-state index in [2.05, 4.69) is 26.0 Å². The minimum Gasteiger partial charge on any atom is -0.391 e. The first-order valence-electron chi connectivity index (χ1n) is 10.1. The van der Waals surface area contributed by atoms with Crippen molar-refractivity contribution >= 4 is 28.9 Å². The van der Waals surface area contributed by atoms with Crippen LogP contribution in [0.15, 0.2) is 35.4 Å². The molecule has 1 amide bonds. The zero-order chi connectivity index (χ0) is 21.7. The number of halogens is 1. The van der Waals surface area contributed by atoms with E-state index in [4.69, 9.17) is 0 Å². The molecule has 11 heteroatoms. The lowest BCUT2D eigenvalue weighted by Crippen LogP contribution is -2.50. The van der Waals surface area contributed by atoms with Crippen LogP contribution >= 0.6 is 0 Å². The predicted molar refractivity (Wildman–Crippen MR) is 112 cm³/mol. The number of aromatic nitrogens is 4. The van der Waals surface area contributed by atoms with Crippen molar-refractivity contribution in [2.24, 2.45) is 0 Å². The minimum absolute atomic E-state index is 0.253. The Morgan fingerprint density at radius 1 is 1.35 bits per heavy atom. The van der Waals surface area contributed by atoms with Crippen LogP contribution in [-0.2, 0) is 0 Å². The Morgan fingerprint density at radius 2 is 2.16 bits per heavy atom. The molecular formula is C20H22FN7O3. The van der Waals surface area contributed by atoms with Crippen molar-refractivity contribution in [1.29, 1.82) is 0 Å². The number of aliphatic hydroxyl groups is 1. The molecule has 0 saturated heterocycles. The summed E-state index contributed by atoms with van der Waals surface area (Å²) in [5.41, 5.74) is 0.459. The van der Waals surface area contributed by atoms with Gasteiger partial charge in [0.05, 0.1) is 24.4 Å². The summed E-state index contributed by atoms with van der Waals surface area (Å²) < 4.78 is 16.3. The van der Waals surface area contributed by atoms with Crippen molar-refractivity contribution in [3.63, 3.8) is 0 Å². The molecule has 2 aliphatic carbocycles. The molecule has 4 N–H and O–H groups in total. The Morgan fingerprint density at radius 3 is 2.81 bits per heavy atom. The van der Waals surface area contributed by atoms with E-state index < -0.39 is 18.3 Å². The Balaban J connectivity index is 1.48. The van der Waals surface area contributed by atoms with Gasteiger partial charge >= 0.3 is 0 Å². The van der Waals surface area contributed by atoms with Gasteiger partial charge in [-0.3, -0.25) is 9.59 Å². The monoisotopic (exact) mass is 427 g/mol. The number of alkyl halides is 1. The van der Waals surface area contributed by atoms with Crippen molar-refractivity contribution in [1.82, 2.24) is 24.5 Å². The van der Waals surface area contributed by atoms with Crippen LogP contribution in [-0.4, -0.2) is 55.5 Å². The maximum atomic E-state index is 13.4. The number of carbonyl (C=O) groups is 1. The van der Waals surface area contributed by atoms with Crippen molar-refractivity contribution < 1.29 is 14.3 Å². The van der Waals surface area contributed by atoms with Crippen LogP contribution in [0.25, 0.3) is 5.65 Å². The van der Waals surface area contributed by atoms with Gasteiger partial charge in [0, 0.05) is 25.7 Å². The van der Waals surface area contributed by atoms with Crippen LogP contribution in [0.2, 0.25) is 0 Å². The van der Waals surface area contributed by atoms with Gasteiger partial charge in [-0.05, 0) is 25.0 Å². The maximum absolute atomic E-state index is 13.4. The summed E-state index contributed by atoms with van der Waals surface area (Å²) in [7, 11) is 1.70. The summed E-state index contributed by atoms with van der Waals surface area (Å²) in [6.07, 6.45) is 3.16. The second kappa shape index (κ2) is 7.34. The number of amides is 1. The van der Waals surface area contributed by atoms with E-state index in [0.29, 0.717) is 30.1 Å². The molecule has 162 valence electrons. The second-order valence-corrected chi connectivity index (χ2v) is 7.87. The normalized spacial score (nSPS) is 24.5. The zero-order valence-corrected chi connectivity index (χ0v) is 16.7. The lowest BCUT2D eigenvalue weighted by molar-refractivity contribution is 0.0448. The van der Waals surface area contributed by atoms with Gasteiger partial charge in [0.15, 0.2) is 5.65 Å². The van der Waals surface area contributed by atoms with Gasteiger partial charge in [0.2, 0.25) is 0 Å². The van der Waals surface area contributed by atoms with Gasteiger partial charge in [-0.2, -0.15) is 9.61 Å². The summed E-state index contributed by atoms with van der Waals surface area (Å²) in [4.78, 5) is 29.9. The average Bonchev–Trinajstić information content (AvgIpc) is 3.32. The largest absolute Gasteiger partial charge is 0.391 e. The molecule has 10 nitrogen and oxygen atoms in total. The number of carbonyl (C=O) groups excluding carboxylic acids is 1. The number of pyridine rings is 1. The molecule has 3 heterocycles. The Hall–Kier alpha value is -3.47. The number of aliphatic hydroxyl groups excluding tert-OH is 1. The highest BCUT2D eigenvalue weighted by Gasteiger charge is 2.39. The number of fused-ring (bicyclic) bond motifs is 1. The highest BCUT2D eigenvalue weighted by molar-refractivity contribution is 6.00. The number of nitrogens with zero attached hydrogens (tertiary/aromatic N) is 4. The first-order valence-corrected chi connectivity index (χ1v) is 10.1. The Bertz CT molecular complexity index is 1220. The maximum Gasteiger partial charge on any atom is 0.274 e. The number of rotatable bonds is 6. The van der Waals surface area contributed by atoms with Gasteiger partial charge in [-0.15, -0.1) is 0 Å².